The molecule has 2 N–H and O–H groups in total. The lowest BCUT2D eigenvalue weighted by Crippen LogP contribution is -3.09. The molecule has 0 bridgehead atoms. The number of carbonyl (C=O) groups is 2. The molecule has 2 heterocycles. The number of imide groups is 1. The van der Waals surface area contributed by atoms with Gasteiger partial charge >= 0.3 is 6.03 Å². The fourth-order valence-electron chi connectivity index (χ4n) is 2.88. The fourth-order valence-corrected chi connectivity index (χ4v) is 3.54. The number of rotatable bonds is 5. The summed E-state index contributed by atoms with van der Waals surface area (Å²) < 4.78 is 0. The highest BCUT2D eigenvalue weighted by atomic mass is 32.1. The highest BCUT2D eigenvalue weighted by Crippen LogP contribution is 2.27. The van der Waals surface area contributed by atoms with Crippen LogP contribution >= 0.6 is 11.3 Å². The average molecular weight is 330 g/mol. The molecule has 120 valence electrons. The van der Waals surface area contributed by atoms with E-state index < -0.39 is 5.54 Å². The molecular weight excluding hydrogens is 310 g/mol. The molecule has 1 fully saturated rings. The molecule has 23 heavy (non-hydrogen) atoms. The lowest BCUT2D eigenvalue weighted by Gasteiger charge is -2.23. The third-order valence-corrected chi connectivity index (χ3v) is 4.87. The van der Waals surface area contributed by atoms with Gasteiger partial charge in [-0.05, 0) is 29.3 Å². The summed E-state index contributed by atoms with van der Waals surface area (Å²) >= 11 is 1.65. The van der Waals surface area contributed by atoms with Crippen molar-refractivity contribution in [3.05, 3.63) is 58.3 Å². The third kappa shape index (κ3) is 3.00. The Labute approximate surface area is 139 Å². The van der Waals surface area contributed by atoms with Gasteiger partial charge in [-0.15, -0.1) is 0 Å². The average Bonchev–Trinajstić information content (AvgIpc) is 3.11. The Bertz CT molecular complexity index is 702. The van der Waals surface area contributed by atoms with Crippen LogP contribution in [0, 0.1) is 0 Å². The van der Waals surface area contributed by atoms with E-state index in [9.17, 15) is 9.59 Å². The van der Waals surface area contributed by atoms with Crippen LogP contribution in [0.2, 0.25) is 0 Å². The Morgan fingerprint density at radius 3 is 2.61 bits per heavy atom. The van der Waals surface area contributed by atoms with Crippen LogP contribution in [0.1, 0.15) is 18.1 Å². The predicted molar refractivity (Wildman–Crippen MR) is 88.9 cm³/mol. The molecule has 1 aliphatic heterocycles. The Morgan fingerprint density at radius 1 is 1.22 bits per heavy atom. The topological polar surface area (TPSA) is 53.9 Å². The quantitative estimate of drug-likeness (QED) is 0.809. The summed E-state index contributed by atoms with van der Waals surface area (Å²) in [7, 11) is 1.98. The number of nitrogens with one attached hydrogen (secondary N) is 2. The van der Waals surface area contributed by atoms with E-state index in [0.717, 1.165) is 17.0 Å². The second-order valence-corrected chi connectivity index (χ2v) is 6.86. The number of nitrogens with zero attached hydrogens (tertiary/aromatic N) is 1. The summed E-state index contributed by atoms with van der Waals surface area (Å²) in [5, 5.41) is 6.95. The summed E-state index contributed by atoms with van der Waals surface area (Å²) in [6.45, 7) is 2.89. The lowest BCUT2D eigenvalue weighted by molar-refractivity contribution is -0.901. The summed E-state index contributed by atoms with van der Waals surface area (Å²) in [5.74, 6) is -0.196. The highest BCUT2D eigenvalue weighted by molar-refractivity contribution is 7.07. The van der Waals surface area contributed by atoms with Crippen LogP contribution in [-0.4, -0.2) is 30.6 Å². The fraction of sp³-hybridized carbons (Fsp3) is 0.294. The van der Waals surface area contributed by atoms with Crippen LogP contribution in [0.5, 0.6) is 0 Å². The molecule has 0 aliphatic carbocycles. The molecule has 1 aliphatic rings. The van der Waals surface area contributed by atoms with Crippen LogP contribution in [0.4, 0.5) is 4.79 Å². The molecule has 3 amide bonds. The zero-order chi connectivity index (χ0) is 16.4. The van der Waals surface area contributed by atoms with Crippen LogP contribution < -0.4 is 10.2 Å². The molecular formula is C17H20N3O2S+. The molecule has 0 saturated carbocycles. The highest BCUT2D eigenvalue weighted by Gasteiger charge is 2.49. The molecule has 2 aromatic rings. The van der Waals surface area contributed by atoms with Crippen molar-refractivity contribution in [2.24, 2.45) is 0 Å². The smallest absolute Gasteiger partial charge is 0.319 e. The summed E-state index contributed by atoms with van der Waals surface area (Å²) in [6, 6.07) is 11.1. The number of quaternary nitrogens is 1. The minimum Gasteiger partial charge on any atom is -0.319 e. The maximum atomic E-state index is 12.8. The Morgan fingerprint density at radius 2 is 1.96 bits per heavy atom. The summed E-state index contributed by atoms with van der Waals surface area (Å²) in [5.41, 5.74) is 1.03. The Kier molecular flexibility index (Phi) is 4.19. The summed E-state index contributed by atoms with van der Waals surface area (Å²) in [6.07, 6.45) is 0. The molecule has 1 aromatic carbocycles. The first-order valence-corrected chi connectivity index (χ1v) is 8.47. The van der Waals surface area contributed by atoms with E-state index in [4.69, 9.17) is 0 Å². The van der Waals surface area contributed by atoms with Gasteiger partial charge in [-0.2, -0.15) is 11.3 Å². The number of urea groups is 1. The summed E-state index contributed by atoms with van der Waals surface area (Å²) in [4.78, 5) is 27.5. The van der Waals surface area contributed by atoms with Crippen molar-refractivity contribution in [2.75, 3.05) is 13.7 Å². The third-order valence-electron chi connectivity index (χ3n) is 4.14. The van der Waals surface area contributed by atoms with Crippen molar-refractivity contribution in [1.82, 2.24) is 10.2 Å². The second-order valence-electron chi connectivity index (χ2n) is 6.08. The maximum Gasteiger partial charge on any atom is 0.329 e. The standard InChI is InChI=1S/C17H19N3O2S/c1-17(14-6-4-3-5-7-14)15(21)20(16(22)18-17)12-19(2)10-13-8-9-23-11-13/h3-9,11H,10,12H2,1-2H3,(H,18,22)/p+1/t17-/m0/s1. The molecule has 0 spiro atoms. The van der Waals surface area contributed by atoms with Crippen LogP contribution in [0.3, 0.4) is 0 Å². The van der Waals surface area contributed by atoms with Gasteiger partial charge in [0.1, 0.15) is 12.1 Å². The van der Waals surface area contributed by atoms with E-state index in [1.165, 1.54) is 10.5 Å². The van der Waals surface area contributed by atoms with E-state index in [0.29, 0.717) is 6.67 Å². The van der Waals surface area contributed by atoms with Crippen molar-refractivity contribution >= 4 is 23.3 Å². The van der Waals surface area contributed by atoms with Crippen molar-refractivity contribution in [1.29, 1.82) is 0 Å². The van der Waals surface area contributed by atoms with Crippen molar-refractivity contribution in [2.45, 2.75) is 19.0 Å². The Balaban J connectivity index is 1.74. The molecule has 5 nitrogen and oxygen atoms in total. The maximum absolute atomic E-state index is 12.8. The second kappa shape index (κ2) is 6.14. The van der Waals surface area contributed by atoms with Crippen molar-refractivity contribution in [3.63, 3.8) is 0 Å². The molecule has 0 radical (unpaired) electrons. The number of thiophene rings is 1. The van der Waals surface area contributed by atoms with E-state index in [1.54, 1.807) is 18.3 Å². The first-order valence-electron chi connectivity index (χ1n) is 7.53. The number of carbonyl (C=O) groups excluding carboxylic acids is 2. The molecule has 3 rings (SSSR count). The number of amides is 3. The van der Waals surface area contributed by atoms with Gasteiger partial charge in [-0.3, -0.25) is 4.79 Å². The van der Waals surface area contributed by atoms with E-state index in [1.807, 2.05) is 42.8 Å². The van der Waals surface area contributed by atoms with Gasteiger partial charge in [0.15, 0.2) is 6.67 Å². The number of hydrogen-bond acceptors (Lipinski definition) is 3. The number of benzene rings is 1. The minimum absolute atomic E-state index is 0.196. The van der Waals surface area contributed by atoms with Gasteiger partial charge in [0.25, 0.3) is 5.91 Å². The van der Waals surface area contributed by atoms with Crippen LogP contribution in [0.15, 0.2) is 47.2 Å². The zero-order valence-electron chi connectivity index (χ0n) is 13.2. The van der Waals surface area contributed by atoms with Gasteiger partial charge < -0.3 is 10.2 Å². The monoisotopic (exact) mass is 330 g/mol. The molecule has 6 heteroatoms. The lowest BCUT2D eigenvalue weighted by atomic mass is 9.92. The van der Waals surface area contributed by atoms with Gasteiger partial charge in [0.2, 0.25) is 0 Å². The van der Waals surface area contributed by atoms with Crippen LogP contribution in [-0.2, 0) is 16.9 Å². The van der Waals surface area contributed by atoms with Gasteiger partial charge in [-0.1, -0.05) is 30.3 Å². The molecule has 2 atom stereocenters. The normalized spacial score (nSPS) is 22.3. The SMILES string of the molecule is C[NH+](Cc1ccsc1)CN1C(=O)N[C@@](C)(c2ccccc2)C1=O. The van der Waals surface area contributed by atoms with E-state index in [-0.39, 0.29) is 11.9 Å². The predicted octanol–water partition coefficient (Wildman–Crippen LogP) is 1.19. The van der Waals surface area contributed by atoms with Crippen molar-refractivity contribution < 1.29 is 14.5 Å². The Hall–Kier alpha value is -2.18. The number of hydrogen-bond donors (Lipinski definition) is 2. The first kappa shape index (κ1) is 15.7. The zero-order valence-corrected chi connectivity index (χ0v) is 14.0. The largest absolute Gasteiger partial charge is 0.329 e. The van der Waals surface area contributed by atoms with Crippen molar-refractivity contribution in [3.8, 4) is 0 Å². The van der Waals surface area contributed by atoms with E-state index in [2.05, 4.69) is 16.8 Å². The van der Waals surface area contributed by atoms with Crippen LogP contribution in [0.25, 0.3) is 0 Å². The van der Waals surface area contributed by atoms with Gasteiger partial charge in [-0.25, -0.2) is 9.69 Å². The molecule has 1 saturated heterocycles. The van der Waals surface area contributed by atoms with E-state index >= 15 is 0 Å². The molecule has 1 aromatic heterocycles. The molecule has 1 unspecified atom stereocenters. The first-order chi connectivity index (χ1) is 11.0. The minimum atomic E-state index is -0.985. The van der Waals surface area contributed by atoms with Gasteiger partial charge in [0.05, 0.1) is 7.05 Å². The van der Waals surface area contributed by atoms with Gasteiger partial charge in [0, 0.05) is 5.56 Å².